The zero-order valence-corrected chi connectivity index (χ0v) is 19.4. The number of aliphatic carboxylic acids is 1. The maximum atomic E-state index is 12.9. The van der Waals surface area contributed by atoms with E-state index in [0.717, 1.165) is 30.2 Å². The summed E-state index contributed by atoms with van der Waals surface area (Å²) in [5.41, 5.74) is 1.86. The number of aromatic nitrogens is 2. The van der Waals surface area contributed by atoms with Gasteiger partial charge in [-0.25, -0.2) is 9.78 Å². The molecule has 4 N–H and O–H groups in total. The minimum atomic E-state index is -1.22. The third-order valence-electron chi connectivity index (χ3n) is 6.01. The van der Waals surface area contributed by atoms with E-state index in [9.17, 15) is 29.4 Å². The number of amides is 3. The second-order valence-corrected chi connectivity index (χ2v) is 10.3. The second-order valence-electron chi connectivity index (χ2n) is 8.25. The molecule has 1 aliphatic carbocycles. The van der Waals surface area contributed by atoms with E-state index in [1.54, 1.807) is 0 Å². The summed E-state index contributed by atoms with van der Waals surface area (Å²) >= 11 is 2.40. The van der Waals surface area contributed by atoms with Gasteiger partial charge in [-0.3, -0.25) is 19.3 Å². The molecule has 3 fully saturated rings. The Morgan fingerprint density at radius 1 is 1.31 bits per heavy atom. The van der Waals surface area contributed by atoms with Crippen molar-refractivity contribution in [3.05, 3.63) is 34.7 Å². The van der Waals surface area contributed by atoms with Gasteiger partial charge in [0.25, 0.3) is 5.91 Å². The Labute approximate surface area is 230 Å². The van der Waals surface area contributed by atoms with Crippen LogP contribution in [0.1, 0.15) is 19.3 Å². The van der Waals surface area contributed by atoms with Crippen LogP contribution in [0.2, 0.25) is 0 Å². The van der Waals surface area contributed by atoms with Gasteiger partial charge >= 0.3 is 35.5 Å². The molecular formula is C21H22N5NaO6S2. The summed E-state index contributed by atoms with van der Waals surface area (Å²) in [6.45, 7) is 0.526. The molecule has 1 aromatic rings. The predicted octanol–water partition coefficient (Wildman–Crippen LogP) is -0.409. The van der Waals surface area contributed by atoms with E-state index < -0.39 is 29.2 Å². The van der Waals surface area contributed by atoms with Gasteiger partial charge in [0.15, 0.2) is 5.16 Å². The van der Waals surface area contributed by atoms with Crippen molar-refractivity contribution in [1.29, 1.82) is 0 Å². The first-order chi connectivity index (χ1) is 16.3. The van der Waals surface area contributed by atoms with Gasteiger partial charge in [0.05, 0.1) is 5.75 Å². The number of allylic oxidation sites excluding steroid dienone is 1. The SMILES string of the molecule is O=C(CSc1nccc(O)n1)N[C@@H]1C(=O)N2C(C(=O)O)=C(C(=C3CCNC3=O)C3CC3)CS[C@H]12.[NaH]. The standard InChI is InChI=1S/C21H21N5O6S2.Na.H/c27-12-4-6-23-21(25-12)34-8-13(28)24-15-18(30)26-16(20(31)32)11(7-33-19(15)26)14(9-1-2-9)10-3-5-22-17(10)29;;/h4,6,9,15,19H,1-3,5,7-8H2,(H,22,29)(H,24,28)(H,31,32)(H,23,25,27);;/t15-,19-;;/m1../s1. The summed E-state index contributed by atoms with van der Waals surface area (Å²) in [5, 5.41) is 24.5. The first-order valence-corrected chi connectivity index (χ1v) is 12.8. The second kappa shape index (κ2) is 10.5. The Hall–Kier alpha value is -2.06. The van der Waals surface area contributed by atoms with Crippen molar-refractivity contribution >= 4 is 76.8 Å². The van der Waals surface area contributed by atoms with Crippen LogP contribution in [0.3, 0.4) is 0 Å². The maximum absolute atomic E-state index is 12.9. The van der Waals surface area contributed by atoms with Gasteiger partial charge in [-0.1, -0.05) is 11.8 Å². The number of carboxylic acid groups (broad SMARTS) is 1. The number of hydrogen-bond acceptors (Lipinski definition) is 9. The minimum absolute atomic E-state index is 0. The van der Waals surface area contributed by atoms with Crippen LogP contribution in [-0.4, -0.2) is 108 Å². The molecule has 0 bridgehead atoms. The van der Waals surface area contributed by atoms with Crippen molar-refractivity contribution in [1.82, 2.24) is 25.5 Å². The Bertz CT molecular complexity index is 1170. The van der Waals surface area contributed by atoms with Crippen molar-refractivity contribution in [3.63, 3.8) is 0 Å². The molecular weight excluding hydrogens is 505 g/mol. The molecule has 0 radical (unpaired) electrons. The van der Waals surface area contributed by atoms with E-state index in [2.05, 4.69) is 20.6 Å². The summed E-state index contributed by atoms with van der Waals surface area (Å²) in [5.74, 6) is -2.08. The normalized spacial score (nSPS) is 24.7. The topological polar surface area (TPSA) is 162 Å². The van der Waals surface area contributed by atoms with Crippen LogP contribution >= 0.6 is 23.5 Å². The van der Waals surface area contributed by atoms with Gasteiger partial charge in [0, 0.05) is 30.1 Å². The number of β-lactam (4-membered cyclic amide) rings is 1. The van der Waals surface area contributed by atoms with Crippen molar-refractivity contribution in [3.8, 4) is 5.88 Å². The Morgan fingerprint density at radius 2 is 2.09 bits per heavy atom. The van der Waals surface area contributed by atoms with Crippen LogP contribution in [0.5, 0.6) is 5.88 Å². The van der Waals surface area contributed by atoms with Gasteiger partial charge in [-0.2, -0.15) is 4.98 Å². The number of hydrogen-bond donors (Lipinski definition) is 4. The van der Waals surface area contributed by atoms with Crippen LogP contribution < -0.4 is 10.6 Å². The average Bonchev–Trinajstić information content (AvgIpc) is 3.56. The molecule has 1 aromatic heterocycles. The molecule has 0 spiro atoms. The fourth-order valence-corrected chi connectivity index (χ4v) is 6.40. The fraction of sp³-hybridized carbons (Fsp3) is 0.429. The molecule has 4 aliphatic rings. The molecule has 180 valence electrons. The summed E-state index contributed by atoms with van der Waals surface area (Å²) < 4.78 is 0. The molecule has 3 aliphatic heterocycles. The van der Waals surface area contributed by atoms with Crippen LogP contribution in [0.15, 0.2) is 39.8 Å². The van der Waals surface area contributed by atoms with E-state index in [0.29, 0.717) is 29.9 Å². The Balaban J connectivity index is 0.00000289. The summed E-state index contributed by atoms with van der Waals surface area (Å²) in [6.07, 6.45) is 3.70. The number of thioether (sulfide) groups is 2. The first-order valence-electron chi connectivity index (χ1n) is 10.7. The predicted molar refractivity (Wildman–Crippen MR) is 129 cm³/mol. The number of rotatable bonds is 7. The van der Waals surface area contributed by atoms with Gasteiger partial charge < -0.3 is 20.8 Å². The number of carbonyl (C=O) groups excluding carboxylic acids is 3. The zero-order chi connectivity index (χ0) is 24.0. The van der Waals surface area contributed by atoms with Crippen LogP contribution in [0.25, 0.3) is 0 Å². The molecule has 14 heteroatoms. The van der Waals surface area contributed by atoms with E-state index in [-0.39, 0.29) is 63.9 Å². The van der Waals surface area contributed by atoms with Crippen molar-refractivity contribution in [2.75, 3.05) is 18.1 Å². The molecule has 0 aromatic carbocycles. The van der Waals surface area contributed by atoms with Crippen molar-refractivity contribution in [2.24, 2.45) is 5.92 Å². The molecule has 35 heavy (non-hydrogen) atoms. The van der Waals surface area contributed by atoms with Crippen molar-refractivity contribution in [2.45, 2.75) is 35.8 Å². The summed E-state index contributed by atoms with van der Waals surface area (Å²) in [7, 11) is 0. The van der Waals surface area contributed by atoms with Crippen LogP contribution in [0.4, 0.5) is 0 Å². The van der Waals surface area contributed by atoms with Gasteiger partial charge in [-0.15, -0.1) is 11.8 Å². The number of nitrogens with one attached hydrogen (secondary N) is 2. The molecule has 4 heterocycles. The average molecular weight is 528 g/mol. The summed E-state index contributed by atoms with van der Waals surface area (Å²) in [4.78, 5) is 58.9. The molecule has 3 amide bonds. The van der Waals surface area contributed by atoms with Gasteiger partial charge in [0.1, 0.15) is 17.1 Å². The van der Waals surface area contributed by atoms with Crippen LogP contribution in [-0.2, 0) is 19.2 Å². The van der Waals surface area contributed by atoms with Gasteiger partial charge in [-0.05, 0) is 36.3 Å². The zero-order valence-electron chi connectivity index (χ0n) is 17.8. The van der Waals surface area contributed by atoms with Crippen LogP contribution in [0, 0.1) is 5.92 Å². The fourth-order valence-electron chi connectivity index (χ4n) is 4.40. The summed E-state index contributed by atoms with van der Waals surface area (Å²) in [6, 6.07) is 0.475. The Morgan fingerprint density at radius 3 is 2.71 bits per heavy atom. The molecule has 1 saturated carbocycles. The third kappa shape index (κ3) is 5.10. The quantitative estimate of drug-likeness (QED) is 0.121. The molecule has 2 atom stereocenters. The van der Waals surface area contributed by atoms with Crippen molar-refractivity contribution < 1.29 is 29.4 Å². The number of carbonyl (C=O) groups is 4. The van der Waals surface area contributed by atoms with E-state index in [4.69, 9.17) is 0 Å². The molecule has 5 rings (SSSR count). The van der Waals surface area contributed by atoms with E-state index >= 15 is 0 Å². The Kier molecular flexibility index (Phi) is 7.81. The van der Waals surface area contributed by atoms with E-state index in [1.807, 2.05) is 0 Å². The van der Waals surface area contributed by atoms with Gasteiger partial charge in [0.2, 0.25) is 17.7 Å². The first kappa shape index (κ1) is 26.0. The number of carboxylic acids is 1. The number of aromatic hydroxyl groups is 1. The molecule has 2 saturated heterocycles. The number of fused-ring (bicyclic) bond motifs is 1. The number of nitrogens with zero attached hydrogens (tertiary/aromatic N) is 3. The monoisotopic (exact) mass is 527 g/mol. The van der Waals surface area contributed by atoms with E-state index in [1.165, 1.54) is 28.9 Å². The molecule has 11 nitrogen and oxygen atoms in total. The molecule has 0 unspecified atom stereocenters. The third-order valence-corrected chi connectivity index (χ3v) is 8.15.